The van der Waals surface area contributed by atoms with Gasteiger partial charge in [0.1, 0.15) is 0 Å². The smallest absolute Gasteiger partial charge is 0.231 e. The number of hydrogen-bond donors (Lipinski definition) is 0. The zero-order valence-corrected chi connectivity index (χ0v) is 6.83. The van der Waals surface area contributed by atoms with Crippen molar-refractivity contribution in [3.8, 4) is 11.5 Å². The summed E-state index contributed by atoms with van der Waals surface area (Å²) in [6, 6.07) is 7.63. The molecule has 1 aromatic rings. The van der Waals surface area contributed by atoms with Crippen LogP contribution in [0.5, 0.6) is 11.5 Å². The van der Waals surface area contributed by atoms with Gasteiger partial charge in [0.15, 0.2) is 11.5 Å². The van der Waals surface area contributed by atoms with Crippen LogP contribution >= 0.6 is 0 Å². The van der Waals surface area contributed by atoms with E-state index in [9.17, 15) is 0 Å². The lowest BCUT2D eigenvalue weighted by atomic mass is 10.3. The Labute approximate surface area is 74.1 Å². The molecule has 0 spiro atoms. The molecule has 0 N–H and O–H groups in total. The highest BCUT2D eigenvalue weighted by Gasteiger charge is 2.09. The Morgan fingerprint density at radius 2 is 1.42 bits per heavy atom. The normalized spacial score (nSPS) is 10.8. The second kappa shape index (κ2) is 5.47. The minimum absolute atomic E-state index is 0. The molecule has 68 valence electrons. The molecular weight excluding hydrogens is 152 g/mol. The highest BCUT2D eigenvalue weighted by Crippen LogP contribution is 2.30. The summed E-state index contributed by atoms with van der Waals surface area (Å²) < 4.78 is 10.2. The quantitative estimate of drug-likeness (QED) is 0.592. The third kappa shape index (κ3) is 2.16. The summed E-state index contributed by atoms with van der Waals surface area (Å²) in [6.45, 7) is 4.36. The van der Waals surface area contributed by atoms with Crippen LogP contribution in [0.4, 0.5) is 0 Å². The van der Waals surface area contributed by atoms with Crippen molar-refractivity contribution in [1.82, 2.24) is 0 Å². The van der Waals surface area contributed by atoms with Gasteiger partial charge in [0.05, 0.1) is 0 Å². The zero-order chi connectivity index (χ0) is 8.10. The van der Waals surface area contributed by atoms with Crippen LogP contribution in [0.2, 0.25) is 0 Å². The standard InChI is InChI=1S/C7H6O2.C2H6.CH4/c1-2-4-7-6(3-1)8-5-9-7;1-2;/h1-4H,5H2;1-2H3;1H4. The average molecular weight is 168 g/mol. The van der Waals surface area contributed by atoms with Crippen LogP contribution in [0.25, 0.3) is 0 Å². The Hall–Kier alpha value is -1.18. The third-order valence-electron chi connectivity index (χ3n) is 1.28. The number of ether oxygens (including phenoxy) is 2. The van der Waals surface area contributed by atoms with Crippen LogP contribution in [0, 0.1) is 0 Å². The fraction of sp³-hybridized carbons (Fsp3) is 0.400. The van der Waals surface area contributed by atoms with Crippen LogP contribution < -0.4 is 9.47 Å². The largest absolute Gasteiger partial charge is 0.454 e. The summed E-state index contributed by atoms with van der Waals surface area (Å²) in [7, 11) is 0. The Morgan fingerprint density at radius 3 is 1.83 bits per heavy atom. The highest BCUT2D eigenvalue weighted by atomic mass is 16.7. The van der Waals surface area contributed by atoms with Gasteiger partial charge in [-0.1, -0.05) is 33.4 Å². The molecule has 0 atom stereocenters. The number of para-hydroxylation sites is 2. The first kappa shape index (κ1) is 10.8. The molecule has 0 bridgehead atoms. The van der Waals surface area contributed by atoms with Crippen LogP contribution in [0.15, 0.2) is 24.3 Å². The zero-order valence-electron chi connectivity index (χ0n) is 6.83. The fourth-order valence-corrected chi connectivity index (χ4v) is 0.845. The highest BCUT2D eigenvalue weighted by molar-refractivity contribution is 5.40. The molecule has 0 fully saturated rings. The van der Waals surface area contributed by atoms with Gasteiger partial charge in [-0.15, -0.1) is 0 Å². The molecule has 0 saturated carbocycles. The van der Waals surface area contributed by atoms with Gasteiger partial charge in [0.25, 0.3) is 0 Å². The Kier molecular flexibility index (Phi) is 4.93. The molecule has 0 aromatic heterocycles. The first-order valence-electron chi connectivity index (χ1n) is 3.81. The average Bonchev–Trinajstić information content (AvgIpc) is 2.55. The minimum atomic E-state index is 0. The van der Waals surface area contributed by atoms with E-state index in [1.165, 1.54) is 0 Å². The fourth-order valence-electron chi connectivity index (χ4n) is 0.845. The molecule has 1 aliphatic heterocycles. The van der Waals surface area contributed by atoms with E-state index >= 15 is 0 Å². The van der Waals surface area contributed by atoms with Crippen molar-refractivity contribution >= 4 is 0 Å². The van der Waals surface area contributed by atoms with Gasteiger partial charge in [0, 0.05) is 0 Å². The maximum atomic E-state index is 5.08. The molecule has 0 unspecified atom stereocenters. The van der Waals surface area contributed by atoms with Gasteiger partial charge < -0.3 is 9.47 Å². The van der Waals surface area contributed by atoms with Crippen molar-refractivity contribution in [2.45, 2.75) is 21.3 Å². The van der Waals surface area contributed by atoms with Crippen molar-refractivity contribution in [1.29, 1.82) is 0 Å². The van der Waals surface area contributed by atoms with E-state index in [-0.39, 0.29) is 7.43 Å². The number of rotatable bonds is 0. The molecule has 1 aromatic carbocycles. The number of hydrogen-bond acceptors (Lipinski definition) is 2. The van der Waals surface area contributed by atoms with E-state index in [2.05, 4.69) is 0 Å². The van der Waals surface area contributed by atoms with Crippen molar-refractivity contribution in [3.05, 3.63) is 24.3 Å². The maximum absolute atomic E-state index is 5.08. The van der Waals surface area contributed by atoms with Gasteiger partial charge in [-0.2, -0.15) is 0 Å². The second-order valence-corrected chi connectivity index (χ2v) is 1.85. The summed E-state index contributed by atoms with van der Waals surface area (Å²) in [6.07, 6.45) is 0. The summed E-state index contributed by atoms with van der Waals surface area (Å²) in [5, 5.41) is 0. The van der Waals surface area contributed by atoms with Crippen LogP contribution in [-0.2, 0) is 0 Å². The molecule has 2 nitrogen and oxygen atoms in total. The van der Waals surface area contributed by atoms with Crippen LogP contribution in [0.3, 0.4) is 0 Å². The Balaban J connectivity index is 0.000000378. The van der Waals surface area contributed by atoms with Crippen LogP contribution in [-0.4, -0.2) is 6.79 Å². The topological polar surface area (TPSA) is 18.5 Å². The van der Waals surface area contributed by atoms with Crippen molar-refractivity contribution in [2.24, 2.45) is 0 Å². The van der Waals surface area contributed by atoms with Crippen LogP contribution in [0.1, 0.15) is 21.3 Å². The SMILES string of the molecule is C.CC.c1ccc2c(c1)OCO2. The Morgan fingerprint density at radius 1 is 1.00 bits per heavy atom. The molecule has 0 aliphatic carbocycles. The van der Waals surface area contributed by atoms with Crippen molar-refractivity contribution in [3.63, 3.8) is 0 Å². The lowest BCUT2D eigenvalue weighted by Gasteiger charge is -1.89. The third-order valence-corrected chi connectivity index (χ3v) is 1.28. The molecule has 12 heavy (non-hydrogen) atoms. The lowest BCUT2D eigenvalue weighted by Crippen LogP contribution is -1.92. The number of benzene rings is 1. The Bertz CT molecular complexity index is 198. The summed E-state index contributed by atoms with van der Waals surface area (Å²) in [4.78, 5) is 0. The van der Waals surface area contributed by atoms with E-state index < -0.39 is 0 Å². The number of fused-ring (bicyclic) bond motifs is 1. The molecule has 0 amide bonds. The summed E-state index contributed by atoms with van der Waals surface area (Å²) in [5.41, 5.74) is 0. The molecule has 2 heteroatoms. The molecule has 1 heterocycles. The predicted octanol–water partition coefficient (Wildman–Crippen LogP) is 3.08. The van der Waals surface area contributed by atoms with E-state index in [0.29, 0.717) is 6.79 Å². The minimum Gasteiger partial charge on any atom is -0.454 e. The summed E-state index contributed by atoms with van der Waals surface area (Å²) >= 11 is 0. The lowest BCUT2D eigenvalue weighted by molar-refractivity contribution is 0.174. The van der Waals surface area contributed by atoms with Gasteiger partial charge in [0.2, 0.25) is 6.79 Å². The molecule has 1 aliphatic rings. The first-order valence-corrected chi connectivity index (χ1v) is 3.81. The van der Waals surface area contributed by atoms with E-state index in [4.69, 9.17) is 9.47 Å². The first-order chi connectivity index (χ1) is 5.47. The van der Waals surface area contributed by atoms with E-state index in [0.717, 1.165) is 11.5 Å². The van der Waals surface area contributed by atoms with E-state index in [1.807, 2.05) is 38.1 Å². The predicted molar refractivity (Wildman–Crippen MR) is 50.6 cm³/mol. The van der Waals surface area contributed by atoms with Gasteiger partial charge in [-0.25, -0.2) is 0 Å². The molecule has 0 radical (unpaired) electrons. The summed E-state index contributed by atoms with van der Waals surface area (Å²) in [5.74, 6) is 1.69. The van der Waals surface area contributed by atoms with E-state index in [1.54, 1.807) is 0 Å². The van der Waals surface area contributed by atoms with Gasteiger partial charge >= 0.3 is 0 Å². The van der Waals surface area contributed by atoms with Gasteiger partial charge in [-0.05, 0) is 12.1 Å². The second-order valence-electron chi connectivity index (χ2n) is 1.85. The monoisotopic (exact) mass is 168 g/mol. The van der Waals surface area contributed by atoms with Gasteiger partial charge in [-0.3, -0.25) is 0 Å². The maximum Gasteiger partial charge on any atom is 0.231 e. The van der Waals surface area contributed by atoms with Crippen molar-refractivity contribution < 1.29 is 9.47 Å². The molecule has 0 saturated heterocycles. The molecular formula is C10H16O2. The van der Waals surface area contributed by atoms with Crippen molar-refractivity contribution in [2.75, 3.05) is 6.79 Å². The molecule has 2 rings (SSSR count).